The van der Waals surface area contributed by atoms with Gasteiger partial charge < -0.3 is 10.2 Å². The molecule has 0 aromatic heterocycles. The van der Waals surface area contributed by atoms with Crippen molar-refractivity contribution in [2.45, 2.75) is 0 Å². The number of fused-ring (bicyclic) bond motifs is 1. The number of carbonyl (C=O) groups is 2. The summed E-state index contributed by atoms with van der Waals surface area (Å²) in [6.07, 6.45) is 0. The molecule has 4 nitrogen and oxygen atoms in total. The maximum Gasteiger partial charge on any atom is 0.243 e. The van der Waals surface area contributed by atoms with Gasteiger partial charge in [-0.05, 0) is 36.4 Å². The lowest BCUT2D eigenvalue weighted by Crippen LogP contribution is -2.41. The van der Waals surface area contributed by atoms with Gasteiger partial charge in [-0.3, -0.25) is 9.59 Å². The fraction of sp³-hybridized carbons (Fsp3) is 0.125. The van der Waals surface area contributed by atoms with Crippen LogP contribution in [0.1, 0.15) is 10.4 Å². The molecule has 0 fully saturated rings. The molecule has 1 aliphatic rings. The molecule has 1 amide bonds. The highest BCUT2D eigenvalue weighted by molar-refractivity contribution is 6.05. The van der Waals surface area contributed by atoms with Crippen LogP contribution >= 0.6 is 0 Å². The van der Waals surface area contributed by atoms with Gasteiger partial charge in [-0.2, -0.15) is 0 Å². The number of nitrogens with one attached hydrogen (secondary N) is 1. The van der Waals surface area contributed by atoms with E-state index in [4.69, 9.17) is 0 Å². The third kappa shape index (κ3) is 2.76. The molecule has 1 N–H and O–H groups in total. The van der Waals surface area contributed by atoms with Gasteiger partial charge in [0.05, 0.1) is 24.5 Å². The highest BCUT2D eigenvalue weighted by Gasteiger charge is 2.23. The molecule has 0 atom stereocenters. The number of hydrogen-bond acceptors (Lipinski definition) is 3. The zero-order valence-corrected chi connectivity index (χ0v) is 11.2. The van der Waals surface area contributed by atoms with E-state index in [1.165, 1.54) is 24.3 Å². The molecule has 0 saturated carbocycles. The summed E-state index contributed by atoms with van der Waals surface area (Å²) in [5.74, 6) is -0.686. The average molecular weight is 284 g/mol. The molecule has 1 heterocycles. The van der Waals surface area contributed by atoms with E-state index in [0.29, 0.717) is 11.3 Å². The fourth-order valence-corrected chi connectivity index (χ4v) is 2.34. The smallest absolute Gasteiger partial charge is 0.243 e. The van der Waals surface area contributed by atoms with Crippen molar-refractivity contribution in [1.29, 1.82) is 0 Å². The standard InChI is InChI=1S/C16H13FN2O2/c17-12-7-5-11(6-8-12)15(20)9-19-10-16(21)18-13-3-1-2-4-14(13)19/h1-8H,9-10H2,(H,18,21). The minimum Gasteiger partial charge on any atom is -0.353 e. The van der Waals surface area contributed by atoms with E-state index in [2.05, 4.69) is 5.32 Å². The Morgan fingerprint density at radius 3 is 2.62 bits per heavy atom. The molecule has 0 radical (unpaired) electrons. The van der Waals surface area contributed by atoms with Crippen LogP contribution in [-0.2, 0) is 4.79 Å². The highest BCUT2D eigenvalue weighted by atomic mass is 19.1. The summed E-state index contributed by atoms with van der Waals surface area (Å²) in [7, 11) is 0. The van der Waals surface area contributed by atoms with E-state index in [9.17, 15) is 14.0 Å². The van der Waals surface area contributed by atoms with Crippen molar-refractivity contribution in [3.8, 4) is 0 Å². The van der Waals surface area contributed by atoms with Crippen molar-refractivity contribution in [2.75, 3.05) is 23.3 Å². The topological polar surface area (TPSA) is 49.4 Å². The Balaban J connectivity index is 1.83. The SMILES string of the molecule is O=C1CN(CC(=O)c2ccc(F)cc2)c2ccccc2N1. The summed E-state index contributed by atoms with van der Waals surface area (Å²) in [6.45, 7) is 0.208. The third-order valence-electron chi connectivity index (χ3n) is 3.35. The summed E-state index contributed by atoms with van der Waals surface area (Å²) in [5, 5.41) is 2.77. The lowest BCUT2D eigenvalue weighted by molar-refractivity contribution is -0.115. The van der Waals surface area contributed by atoms with Gasteiger partial charge in [-0.15, -0.1) is 0 Å². The van der Waals surface area contributed by atoms with Crippen molar-refractivity contribution in [1.82, 2.24) is 0 Å². The van der Waals surface area contributed by atoms with Crippen molar-refractivity contribution in [3.05, 3.63) is 59.9 Å². The van der Waals surface area contributed by atoms with Crippen molar-refractivity contribution in [3.63, 3.8) is 0 Å². The molecule has 3 rings (SSSR count). The Morgan fingerprint density at radius 2 is 1.86 bits per heavy atom. The Kier molecular flexibility index (Phi) is 3.39. The number of amides is 1. The first-order valence-electron chi connectivity index (χ1n) is 6.56. The van der Waals surface area contributed by atoms with Crippen LogP contribution in [0.5, 0.6) is 0 Å². The second-order valence-electron chi connectivity index (χ2n) is 4.85. The van der Waals surface area contributed by atoms with Gasteiger partial charge in [0.2, 0.25) is 5.91 Å². The van der Waals surface area contributed by atoms with Crippen LogP contribution < -0.4 is 10.2 Å². The maximum absolute atomic E-state index is 12.9. The number of benzene rings is 2. The van der Waals surface area contributed by atoms with Crippen LogP contribution in [0.2, 0.25) is 0 Å². The molecule has 106 valence electrons. The first-order chi connectivity index (χ1) is 10.1. The van der Waals surface area contributed by atoms with Gasteiger partial charge in [0.1, 0.15) is 5.82 Å². The van der Waals surface area contributed by atoms with Crippen molar-refractivity contribution in [2.24, 2.45) is 0 Å². The van der Waals surface area contributed by atoms with E-state index in [1.54, 1.807) is 11.0 Å². The van der Waals surface area contributed by atoms with Crippen LogP contribution in [0.3, 0.4) is 0 Å². The second kappa shape index (κ2) is 5.36. The second-order valence-corrected chi connectivity index (χ2v) is 4.85. The number of carbonyl (C=O) groups excluding carboxylic acids is 2. The molecule has 0 saturated heterocycles. The van der Waals surface area contributed by atoms with Crippen LogP contribution in [0.15, 0.2) is 48.5 Å². The number of hydrogen-bond donors (Lipinski definition) is 1. The zero-order chi connectivity index (χ0) is 14.8. The van der Waals surface area contributed by atoms with Gasteiger partial charge >= 0.3 is 0 Å². The minimum absolute atomic E-state index is 0.0794. The molecular formula is C16H13FN2O2. The number of para-hydroxylation sites is 2. The summed E-state index contributed by atoms with van der Waals surface area (Å²) < 4.78 is 12.9. The zero-order valence-electron chi connectivity index (χ0n) is 11.2. The van der Waals surface area contributed by atoms with Gasteiger partial charge in [0.25, 0.3) is 0 Å². The van der Waals surface area contributed by atoms with Crippen LogP contribution in [0.25, 0.3) is 0 Å². The monoisotopic (exact) mass is 284 g/mol. The van der Waals surface area contributed by atoms with Crippen molar-refractivity contribution < 1.29 is 14.0 Å². The summed E-state index contributed by atoms with van der Waals surface area (Å²) in [5.41, 5.74) is 1.94. The molecule has 0 bridgehead atoms. The number of Topliss-reactive ketones (excluding diaryl/α,β-unsaturated/α-hetero) is 1. The molecule has 21 heavy (non-hydrogen) atoms. The quantitative estimate of drug-likeness (QED) is 0.881. The largest absolute Gasteiger partial charge is 0.353 e. The molecule has 0 aliphatic carbocycles. The van der Waals surface area contributed by atoms with Crippen LogP contribution in [0, 0.1) is 5.82 Å². The molecule has 5 heteroatoms. The van der Waals surface area contributed by atoms with Gasteiger partial charge in [0.15, 0.2) is 5.78 Å². The normalized spacial score (nSPS) is 13.6. The lowest BCUT2D eigenvalue weighted by Gasteiger charge is -2.30. The van der Waals surface area contributed by atoms with E-state index in [-0.39, 0.29) is 30.6 Å². The van der Waals surface area contributed by atoms with E-state index in [1.807, 2.05) is 18.2 Å². The minimum atomic E-state index is -0.380. The lowest BCUT2D eigenvalue weighted by atomic mass is 10.1. The van der Waals surface area contributed by atoms with Crippen LogP contribution in [-0.4, -0.2) is 24.8 Å². The summed E-state index contributed by atoms with van der Waals surface area (Å²) in [6, 6.07) is 12.7. The first kappa shape index (κ1) is 13.3. The number of nitrogens with zero attached hydrogens (tertiary/aromatic N) is 1. The highest BCUT2D eigenvalue weighted by Crippen LogP contribution is 2.28. The number of anilines is 2. The predicted octanol–water partition coefficient (Wildman–Crippen LogP) is 2.47. The molecule has 1 aliphatic heterocycles. The molecule has 0 unspecified atom stereocenters. The number of rotatable bonds is 3. The van der Waals surface area contributed by atoms with Gasteiger partial charge in [-0.1, -0.05) is 12.1 Å². The van der Waals surface area contributed by atoms with E-state index < -0.39 is 0 Å². The fourth-order valence-electron chi connectivity index (χ4n) is 2.34. The molecule has 0 spiro atoms. The number of ketones is 1. The third-order valence-corrected chi connectivity index (χ3v) is 3.35. The Bertz CT molecular complexity index is 698. The molecule has 2 aromatic carbocycles. The molecule has 2 aromatic rings. The predicted molar refractivity (Wildman–Crippen MR) is 78.0 cm³/mol. The Hall–Kier alpha value is -2.69. The Morgan fingerprint density at radius 1 is 1.14 bits per heavy atom. The maximum atomic E-state index is 12.9. The summed E-state index contributed by atoms with van der Waals surface area (Å²) >= 11 is 0. The van der Waals surface area contributed by atoms with Crippen molar-refractivity contribution >= 4 is 23.1 Å². The van der Waals surface area contributed by atoms with Gasteiger partial charge in [-0.25, -0.2) is 4.39 Å². The van der Waals surface area contributed by atoms with Crippen LogP contribution in [0.4, 0.5) is 15.8 Å². The van der Waals surface area contributed by atoms with Gasteiger partial charge in [0, 0.05) is 5.56 Å². The van der Waals surface area contributed by atoms with E-state index in [0.717, 1.165) is 5.69 Å². The summed E-state index contributed by atoms with van der Waals surface area (Å²) in [4.78, 5) is 25.7. The first-order valence-corrected chi connectivity index (χ1v) is 6.56. The van der Waals surface area contributed by atoms with E-state index >= 15 is 0 Å². The number of halogens is 1. The Labute approximate surface area is 121 Å². The average Bonchev–Trinajstić information content (AvgIpc) is 2.47. The molecular weight excluding hydrogens is 271 g/mol.